The first-order valence-corrected chi connectivity index (χ1v) is 5.94. The van der Waals surface area contributed by atoms with Gasteiger partial charge in [-0.25, -0.2) is 4.79 Å². The van der Waals surface area contributed by atoms with Crippen LogP contribution >= 0.6 is 0 Å². The van der Waals surface area contributed by atoms with E-state index in [4.69, 9.17) is 10.2 Å². The van der Waals surface area contributed by atoms with Crippen LogP contribution in [-0.2, 0) is 14.3 Å². The minimum absolute atomic E-state index is 0.00848. The van der Waals surface area contributed by atoms with E-state index in [0.717, 1.165) is 0 Å². The highest BCUT2D eigenvalue weighted by molar-refractivity contribution is 5.72. The summed E-state index contributed by atoms with van der Waals surface area (Å²) in [4.78, 5) is 24.4. The van der Waals surface area contributed by atoms with Gasteiger partial charge < -0.3 is 14.4 Å². The van der Waals surface area contributed by atoms with Crippen LogP contribution in [0.3, 0.4) is 0 Å². The van der Waals surface area contributed by atoms with E-state index < -0.39 is 37.1 Å². The van der Waals surface area contributed by atoms with Crippen molar-refractivity contribution in [1.82, 2.24) is 4.90 Å². The molecule has 1 amide bonds. The van der Waals surface area contributed by atoms with Crippen molar-refractivity contribution in [3.8, 4) is 0 Å². The third-order valence-corrected chi connectivity index (χ3v) is 1.62. The van der Waals surface area contributed by atoms with Gasteiger partial charge in [-0.3, -0.25) is 4.79 Å². The fraction of sp³-hybridized carbons (Fsp3) is 0.846. The molecular weight excluding hydrogens is 234 g/mol. The van der Waals surface area contributed by atoms with Crippen LogP contribution in [0.15, 0.2) is 0 Å². The summed E-state index contributed by atoms with van der Waals surface area (Å²) in [6, 6.07) is 0. The van der Waals surface area contributed by atoms with Crippen LogP contribution in [0.1, 0.15) is 52.9 Å². The van der Waals surface area contributed by atoms with Gasteiger partial charge in [-0.1, -0.05) is 6.92 Å². The smallest absolute Gasteiger partial charge is 0.410 e. The van der Waals surface area contributed by atoms with Gasteiger partial charge in [0.2, 0.25) is 0 Å². The van der Waals surface area contributed by atoms with E-state index in [0.29, 0.717) is 4.90 Å². The minimum Gasteiger partial charge on any atom is -0.466 e. The molecule has 0 saturated carbocycles. The number of amides is 1. The van der Waals surface area contributed by atoms with E-state index in [1.807, 2.05) is 0 Å². The first kappa shape index (κ1) is 10.6. The van der Waals surface area contributed by atoms with Crippen LogP contribution in [0, 0.1) is 0 Å². The molecule has 0 atom stereocenters. The minimum atomic E-state index is -2.53. The van der Waals surface area contributed by atoms with E-state index in [1.54, 1.807) is 20.8 Å². The molecule has 0 aromatic heterocycles. The van der Waals surface area contributed by atoms with E-state index in [-0.39, 0.29) is 13.0 Å². The van der Waals surface area contributed by atoms with Gasteiger partial charge in [0, 0.05) is 18.5 Å². The number of ether oxygens (including phenoxy) is 2. The zero-order valence-electron chi connectivity index (χ0n) is 15.7. The Kier molecular flexibility index (Phi) is 4.70. The van der Waals surface area contributed by atoms with E-state index in [2.05, 4.69) is 4.74 Å². The zero-order chi connectivity index (χ0) is 17.8. The van der Waals surface area contributed by atoms with E-state index >= 15 is 0 Å². The first-order chi connectivity index (χ1) is 9.77. The molecule has 0 saturated heterocycles. The Balaban J connectivity index is 5.36. The average Bonchev–Trinajstić information content (AvgIpc) is 2.34. The highest BCUT2D eigenvalue weighted by atomic mass is 16.6. The summed E-state index contributed by atoms with van der Waals surface area (Å²) in [5.41, 5.74) is -0.865. The first-order valence-electron chi connectivity index (χ1n) is 7.94. The molecule has 0 heterocycles. The van der Waals surface area contributed by atoms with Gasteiger partial charge in [-0.15, -0.1) is 0 Å². The van der Waals surface area contributed by atoms with Crippen LogP contribution in [0.2, 0.25) is 0 Å². The Hall–Kier alpha value is -1.26. The molecule has 0 aromatic rings. The summed E-state index contributed by atoms with van der Waals surface area (Å²) in [6.45, 7) is 4.94. The maximum absolute atomic E-state index is 12.2. The molecule has 0 unspecified atom stereocenters. The fourth-order valence-electron chi connectivity index (χ4n) is 1.02. The Bertz CT molecular complexity index is 407. The lowest BCUT2D eigenvalue weighted by atomic mass is 10.2. The monoisotopic (exact) mass is 263 g/mol. The Morgan fingerprint density at radius 1 is 1.28 bits per heavy atom. The summed E-state index contributed by atoms with van der Waals surface area (Å²) < 4.78 is 40.9. The number of esters is 1. The van der Waals surface area contributed by atoms with Crippen molar-refractivity contribution in [1.29, 1.82) is 0 Å². The number of hydrogen-bond donors (Lipinski definition) is 0. The number of nitrogens with zero attached hydrogens (tertiary/aromatic N) is 1. The van der Waals surface area contributed by atoms with Crippen molar-refractivity contribution < 1.29 is 24.5 Å². The predicted molar refractivity (Wildman–Crippen MR) is 69.3 cm³/mol. The Labute approximate surface area is 115 Å². The van der Waals surface area contributed by atoms with Crippen LogP contribution in [-0.4, -0.2) is 42.2 Å². The molecule has 0 spiro atoms. The van der Waals surface area contributed by atoms with E-state index in [9.17, 15) is 9.59 Å². The van der Waals surface area contributed by atoms with Crippen molar-refractivity contribution in [2.45, 2.75) is 53.0 Å². The molecule has 5 heteroatoms. The van der Waals surface area contributed by atoms with Crippen LogP contribution in [0.25, 0.3) is 0 Å². The molecule has 0 bridgehead atoms. The van der Waals surface area contributed by atoms with Crippen molar-refractivity contribution in [3.05, 3.63) is 0 Å². The van der Waals surface area contributed by atoms with E-state index in [1.165, 1.54) is 13.8 Å². The highest BCUT2D eigenvalue weighted by Crippen LogP contribution is 2.10. The number of carbonyl (C=O) groups excluding carboxylic acids is 2. The van der Waals surface area contributed by atoms with Gasteiger partial charge in [0.25, 0.3) is 0 Å². The van der Waals surface area contributed by atoms with Crippen molar-refractivity contribution in [2.24, 2.45) is 0 Å². The molecule has 0 aromatic carbocycles. The lowest BCUT2D eigenvalue weighted by molar-refractivity contribution is -0.143. The molecule has 0 N–H and O–H groups in total. The van der Waals surface area contributed by atoms with Crippen LogP contribution in [0.5, 0.6) is 0 Å². The molecule has 106 valence electrons. The standard InChI is InChI=1S/C13H25NO4/c1-6-9-14(10-8-11(15)17-7-2)12(16)18-13(3,4)5/h6-10H2,1-5H3/i8D2,9D2. The second kappa shape index (κ2) is 7.95. The summed E-state index contributed by atoms with van der Waals surface area (Å²) in [5.74, 6) is -1.14. The molecule has 0 radical (unpaired) electrons. The maximum atomic E-state index is 12.2. The number of carbonyl (C=O) groups is 2. The molecule has 5 nitrogen and oxygen atoms in total. The Morgan fingerprint density at radius 3 is 2.33 bits per heavy atom. The van der Waals surface area contributed by atoms with Gasteiger partial charge >= 0.3 is 12.1 Å². The van der Waals surface area contributed by atoms with Crippen molar-refractivity contribution >= 4 is 12.1 Å². The topological polar surface area (TPSA) is 55.8 Å². The summed E-state index contributed by atoms with van der Waals surface area (Å²) >= 11 is 0. The lowest BCUT2D eigenvalue weighted by Crippen LogP contribution is -2.38. The molecule has 0 aliphatic rings. The summed E-state index contributed by atoms with van der Waals surface area (Å²) in [6.07, 6.45) is -3.63. The molecule has 0 rings (SSSR count). The van der Waals surface area contributed by atoms with Crippen molar-refractivity contribution in [2.75, 3.05) is 19.6 Å². The molecule has 0 aliphatic heterocycles. The van der Waals surface area contributed by atoms with Gasteiger partial charge in [-0.2, -0.15) is 0 Å². The van der Waals surface area contributed by atoms with Crippen LogP contribution < -0.4 is 0 Å². The molecule has 0 aliphatic carbocycles. The lowest BCUT2D eigenvalue weighted by Gasteiger charge is -2.26. The quantitative estimate of drug-likeness (QED) is 0.691. The third-order valence-electron chi connectivity index (χ3n) is 1.62. The van der Waals surface area contributed by atoms with Gasteiger partial charge in [-0.05, 0) is 34.1 Å². The molecular formula is C13H25NO4. The second-order valence-corrected chi connectivity index (χ2v) is 4.48. The predicted octanol–water partition coefficient (Wildman–Crippen LogP) is 2.59. The summed E-state index contributed by atoms with van der Waals surface area (Å²) in [5, 5.41) is 0. The SMILES string of the molecule is [2H]C([2H])(CN(C(=O)OC(C)(C)C)C([2H])([2H])CC)C(=O)OCC. The average molecular weight is 263 g/mol. The van der Waals surface area contributed by atoms with Crippen LogP contribution in [0.4, 0.5) is 4.79 Å². The molecule has 18 heavy (non-hydrogen) atoms. The third kappa shape index (κ3) is 7.92. The van der Waals surface area contributed by atoms with Gasteiger partial charge in [0.05, 0.1) is 13.0 Å². The summed E-state index contributed by atoms with van der Waals surface area (Å²) in [7, 11) is 0. The van der Waals surface area contributed by atoms with Gasteiger partial charge in [0.1, 0.15) is 5.60 Å². The fourth-order valence-corrected chi connectivity index (χ4v) is 1.02. The zero-order valence-corrected chi connectivity index (χ0v) is 11.7. The number of rotatable bonds is 6. The number of hydrogen-bond acceptors (Lipinski definition) is 4. The Morgan fingerprint density at radius 2 is 1.89 bits per heavy atom. The van der Waals surface area contributed by atoms with Crippen molar-refractivity contribution in [3.63, 3.8) is 0 Å². The normalized spacial score (nSPS) is 15.8. The highest BCUT2D eigenvalue weighted by Gasteiger charge is 2.22. The largest absolute Gasteiger partial charge is 0.466 e. The second-order valence-electron chi connectivity index (χ2n) is 4.48. The maximum Gasteiger partial charge on any atom is 0.410 e. The van der Waals surface area contributed by atoms with Gasteiger partial charge in [0.15, 0.2) is 0 Å². The molecule has 0 fully saturated rings.